The summed E-state index contributed by atoms with van der Waals surface area (Å²) in [5, 5.41) is 14.8. The molecule has 53 heavy (non-hydrogen) atoms. The van der Waals surface area contributed by atoms with Crippen LogP contribution in [0.1, 0.15) is 33.9 Å². The number of carboxylic acid groups (broad SMARTS) is 1. The molecule has 0 bridgehead atoms. The Kier molecular flexibility index (Phi) is 10.1. The summed E-state index contributed by atoms with van der Waals surface area (Å²) >= 11 is 7.85. The van der Waals surface area contributed by atoms with Gasteiger partial charge in [0.25, 0.3) is 0 Å². The highest BCUT2D eigenvalue weighted by molar-refractivity contribution is 7.11. The number of nitrogens with one attached hydrogen (secondary N) is 1. The third-order valence-electron chi connectivity index (χ3n) is 8.91. The van der Waals surface area contributed by atoms with Gasteiger partial charge in [-0.05, 0) is 43.3 Å². The van der Waals surface area contributed by atoms with Crippen LogP contribution < -0.4 is 15.0 Å². The second-order valence-electron chi connectivity index (χ2n) is 12.3. The van der Waals surface area contributed by atoms with Gasteiger partial charge in [-0.3, -0.25) is 14.8 Å². The van der Waals surface area contributed by atoms with Crippen LogP contribution in [0.25, 0.3) is 0 Å². The number of aromatic nitrogens is 1. The Morgan fingerprint density at radius 2 is 1.89 bits per heavy atom. The number of carbonyl (C=O) groups excluding carboxylic acids is 2. The lowest BCUT2D eigenvalue weighted by Gasteiger charge is -2.38. The molecule has 7 rings (SSSR count). The average molecular weight is 767 g/mol. The van der Waals surface area contributed by atoms with Gasteiger partial charge in [0.2, 0.25) is 0 Å². The first-order valence-electron chi connectivity index (χ1n) is 16.4. The van der Waals surface area contributed by atoms with Crippen LogP contribution in [-0.4, -0.2) is 89.1 Å². The van der Waals surface area contributed by atoms with E-state index in [1.54, 1.807) is 23.4 Å². The number of anilines is 1. The van der Waals surface area contributed by atoms with Gasteiger partial charge >= 0.3 is 18.0 Å². The summed E-state index contributed by atoms with van der Waals surface area (Å²) in [6, 6.07) is 8.98. The molecule has 3 aromatic carbocycles. The zero-order valence-corrected chi connectivity index (χ0v) is 29.5. The topological polar surface area (TPSA) is 137 Å². The van der Waals surface area contributed by atoms with Gasteiger partial charge in [0.05, 0.1) is 29.5 Å². The number of halogens is 4. The molecule has 2 fully saturated rings. The molecule has 0 spiro atoms. The summed E-state index contributed by atoms with van der Waals surface area (Å²) in [7, 11) is 0. The van der Waals surface area contributed by atoms with Gasteiger partial charge in [0.1, 0.15) is 23.4 Å². The molecule has 2 amide bonds. The number of carboxylic acids is 1. The van der Waals surface area contributed by atoms with Crippen LogP contribution in [0.3, 0.4) is 0 Å². The van der Waals surface area contributed by atoms with Gasteiger partial charge in [-0.2, -0.15) is 0 Å². The first-order valence-corrected chi connectivity index (χ1v) is 17.7. The number of aliphatic imine (C=N–C) groups is 1. The third kappa shape index (κ3) is 7.42. The second-order valence-corrected chi connectivity index (χ2v) is 13.6. The van der Waals surface area contributed by atoms with Crippen molar-refractivity contribution >= 4 is 52.4 Å². The van der Waals surface area contributed by atoms with E-state index in [1.165, 1.54) is 40.5 Å². The quantitative estimate of drug-likeness (QED) is 0.180. The summed E-state index contributed by atoms with van der Waals surface area (Å²) in [5.41, 5.74) is 1.01. The fraction of sp³-hybridized carbons (Fsp3) is 0.250. The Balaban J connectivity index is 1.14. The molecule has 2 atom stereocenters. The number of ether oxygens (including phenoxy) is 2. The van der Waals surface area contributed by atoms with E-state index in [0.29, 0.717) is 41.7 Å². The maximum atomic E-state index is 14.9. The lowest BCUT2D eigenvalue weighted by molar-refractivity contribution is -0.139. The van der Waals surface area contributed by atoms with Crippen molar-refractivity contribution in [3.05, 3.63) is 116 Å². The molecule has 0 radical (unpaired) electrons. The van der Waals surface area contributed by atoms with Crippen LogP contribution in [-0.2, 0) is 9.53 Å². The van der Waals surface area contributed by atoms with Crippen LogP contribution in [0.5, 0.6) is 11.5 Å². The molecule has 17 heteroatoms. The van der Waals surface area contributed by atoms with Gasteiger partial charge in [0, 0.05) is 72.7 Å². The van der Waals surface area contributed by atoms with Crippen molar-refractivity contribution in [3.8, 4) is 11.5 Å². The van der Waals surface area contributed by atoms with Crippen molar-refractivity contribution in [2.45, 2.75) is 19.0 Å². The number of amidine groups is 1. The van der Waals surface area contributed by atoms with Crippen LogP contribution >= 0.6 is 22.9 Å². The molecular formula is C36H30ClF3N6O6S. The van der Waals surface area contributed by atoms with Crippen molar-refractivity contribution in [3.63, 3.8) is 0 Å². The number of thiazole rings is 1. The highest BCUT2D eigenvalue weighted by atomic mass is 35.5. The molecule has 2 unspecified atom stereocenters. The smallest absolute Gasteiger partial charge is 0.338 e. The zero-order chi connectivity index (χ0) is 37.4. The Labute approximate surface area is 309 Å². The van der Waals surface area contributed by atoms with E-state index in [2.05, 4.69) is 15.2 Å². The molecular weight excluding hydrogens is 737 g/mol. The number of aromatic carboxylic acids is 1. The number of esters is 1. The van der Waals surface area contributed by atoms with Gasteiger partial charge in [-0.15, -0.1) is 11.3 Å². The highest BCUT2D eigenvalue weighted by Crippen LogP contribution is 2.38. The number of urea groups is 1. The minimum atomic E-state index is -1.31. The monoisotopic (exact) mass is 766 g/mol. The number of rotatable bonds is 10. The summed E-state index contributed by atoms with van der Waals surface area (Å²) in [5.74, 6) is -4.15. The number of piperazine rings is 1. The van der Waals surface area contributed by atoms with Crippen LogP contribution in [0.4, 0.5) is 23.7 Å². The van der Waals surface area contributed by atoms with E-state index >= 15 is 0 Å². The first kappa shape index (κ1) is 35.9. The maximum Gasteiger partial charge on any atom is 0.338 e. The first-order chi connectivity index (χ1) is 25.5. The lowest BCUT2D eigenvalue weighted by Crippen LogP contribution is -2.53. The molecule has 2 N–H and O–H groups in total. The molecule has 2 saturated heterocycles. The largest absolute Gasteiger partial charge is 0.478 e. The Morgan fingerprint density at radius 1 is 1.06 bits per heavy atom. The van der Waals surface area contributed by atoms with Gasteiger partial charge in [-0.1, -0.05) is 17.7 Å². The number of hydrogen-bond acceptors (Lipinski definition) is 10. The maximum absolute atomic E-state index is 14.9. The molecule has 4 heterocycles. The number of hydrogen-bond donors (Lipinski definition) is 2. The van der Waals surface area contributed by atoms with Crippen LogP contribution in [0.2, 0.25) is 5.02 Å². The number of carbonyl (C=O) groups is 3. The molecule has 1 aromatic heterocycles. The number of benzene rings is 3. The predicted octanol–water partition coefficient (Wildman–Crippen LogP) is 6.24. The number of amides is 2. The van der Waals surface area contributed by atoms with E-state index in [9.17, 15) is 27.6 Å². The summed E-state index contributed by atoms with van der Waals surface area (Å²) in [6.45, 7) is 3.32. The van der Waals surface area contributed by atoms with E-state index in [4.69, 9.17) is 31.2 Å². The van der Waals surface area contributed by atoms with Crippen molar-refractivity contribution in [2.24, 2.45) is 4.99 Å². The molecule has 274 valence electrons. The molecule has 4 aromatic rings. The lowest BCUT2D eigenvalue weighted by atomic mass is 9.95. The third-order valence-corrected chi connectivity index (χ3v) is 10.0. The molecule has 12 nitrogen and oxygen atoms in total. The van der Waals surface area contributed by atoms with Crippen molar-refractivity contribution in [1.82, 2.24) is 20.1 Å². The number of fused-ring (bicyclic) bond motifs is 1. The van der Waals surface area contributed by atoms with Gasteiger partial charge in [0.15, 0.2) is 22.4 Å². The van der Waals surface area contributed by atoms with Crippen LogP contribution in [0.15, 0.2) is 82.4 Å². The fourth-order valence-electron chi connectivity index (χ4n) is 6.53. The Bertz CT molecular complexity index is 2170. The van der Waals surface area contributed by atoms with Crippen molar-refractivity contribution < 1.29 is 42.1 Å². The van der Waals surface area contributed by atoms with E-state index in [-0.39, 0.29) is 65.1 Å². The molecule has 3 aliphatic heterocycles. The number of nitrogens with zero attached hydrogens (tertiary/aromatic N) is 5. The zero-order valence-electron chi connectivity index (χ0n) is 27.9. The minimum absolute atomic E-state index is 0.0865. The fourth-order valence-corrected chi connectivity index (χ4v) is 7.39. The standard InChI is InChI=1S/C36H30ClF3N6O6S/c1-2-51-35(49)30-28(42-32(33-41-7-10-53-33)43-31(30)25-5-4-20(38)14-26(25)37)18-44-8-9-45-23(16-44)17-46(36(45)50)22-12-21(39)13-24(15-22)52-29-6-3-19(34(47)48)11-27(29)40/h3-7,10-15,23,31H,2,8-9,16-18H2,1H3,(H,42,43)(H,47,48). The average Bonchev–Trinajstić information content (AvgIpc) is 3.77. The summed E-state index contributed by atoms with van der Waals surface area (Å²) < 4.78 is 54.6. The van der Waals surface area contributed by atoms with E-state index in [1.807, 2.05) is 0 Å². The van der Waals surface area contributed by atoms with Crippen molar-refractivity contribution in [2.75, 3.05) is 44.2 Å². The minimum Gasteiger partial charge on any atom is -0.478 e. The van der Waals surface area contributed by atoms with E-state index in [0.717, 1.165) is 30.3 Å². The van der Waals surface area contributed by atoms with Crippen LogP contribution in [0, 0.1) is 17.5 Å². The Hall–Kier alpha value is -5.45. The van der Waals surface area contributed by atoms with Gasteiger partial charge in [-0.25, -0.2) is 32.5 Å². The normalized spacial score (nSPS) is 18.8. The molecule has 3 aliphatic rings. The summed E-state index contributed by atoms with van der Waals surface area (Å²) in [6.07, 6.45) is 1.63. The highest BCUT2D eigenvalue weighted by Gasteiger charge is 2.42. The van der Waals surface area contributed by atoms with Crippen molar-refractivity contribution in [1.29, 1.82) is 0 Å². The van der Waals surface area contributed by atoms with Gasteiger partial charge < -0.3 is 24.8 Å². The molecule has 0 saturated carbocycles. The molecule has 0 aliphatic carbocycles. The predicted molar refractivity (Wildman–Crippen MR) is 189 cm³/mol. The SMILES string of the molecule is CCOC(=O)C1=C(CN2CCN3C(=O)N(c4cc(F)cc(Oc5ccc(C(=O)O)cc5F)c4)CC3C2)NC(c2nccs2)=NC1c1ccc(F)cc1Cl. The second kappa shape index (κ2) is 14.9. The van der Waals surface area contributed by atoms with E-state index < -0.39 is 35.4 Å². The Morgan fingerprint density at radius 3 is 2.60 bits per heavy atom. The summed E-state index contributed by atoms with van der Waals surface area (Å²) in [4.78, 5) is 52.7.